The zero-order valence-corrected chi connectivity index (χ0v) is 23.3. The highest BCUT2D eigenvalue weighted by atomic mass is 35.5. The zero-order chi connectivity index (χ0) is 30.4. The van der Waals surface area contributed by atoms with Crippen molar-refractivity contribution in [3.8, 4) is 5.75 Å². The molecule has 3 rings (SSSR count). The van der Waals surface area contributed by atoms with E-state index in [4.69, 9.17) is 21.1 Å². The van der Waals surface area contributed by atoms with Crippen molar-refractivity contribution in [2.24, 2.45) is 5.41 Å². The van der Waals surface area contributed by atoms with Crippen LogP contribution in [0.2, 0.25) is 5.02 Å². The third-order valence-electron chi connectivity index (χ3n) is 6.91. The standard InChI is InChI=1S/C29H31ClF5NO5/c1-28(2,29(33,34)35)25(38)10-7-17-5-8-22(30)20(12-17)23(37)14-18-6-9-24(41-16-26(31)32)21(13-18)27(39)36-15-19-4-3-11-40-19/h5-6,8-9,12-13,19,26H,3-4,7,10-11,14-16H2,1-2H3,(H,36,39)/t19-/m0/s1. The van der Waals surface area contributed by atoms with Crippen LogP contribution in [0.15, 0.2) is 36.4 Å². The first-order chi connectivity index (χ1) is 19.2. The van der Waals surface area contributed by atoms with Crippen molar-refractivity contribution >= 4 is 29.1 Å². The molecule has 0 spiro atoms. The smallest absolute Gasteiger partial charge is 0.400 e. The molecule has 0 bridgehead atoms. The van der Waals surface area contributed by atoms with Crippen LogP contribution in [-0.4, -0.2) is 55.9 Å². The third-order valence-corrected chi connectivity index (χ3v) is 7.24. The van der Waals surface area contributed by atoms with Gasteiger partial charge in [0.15, 0.2) is 5.78 Å². The lowest BCUT2D eigenvalue weighted by molar-refractivity contribution is -0.210. The van der Waals surface area contributed by atoms with E-state index < -0.39 is 42.1 Å². The molecule has 6 nitrogen and oxygen atoms in total. The molecule has 224 valence electrons. The monoisotopic (exact) mass is 603 g/mol. The number of nitrogens with one attached hydrogen (secondary N) is 1. The Morgan fingerprint density at radius 3 is 2.39 bits per heavy atom. The van der Waals surface area contributed by atoms with E-state index in [9.17, 15) is 36.3 Å². The molecule has 1 atom stereocenters. The molecule has 0 radical (unpaired) electrons. The minimum atomic E-state index is -4.69. The molecule has 2 aromatic rings. The number of benzene rings is 2. The molecule has 1 aliphatic heterocycles. The van der Waals surface area contributed by atoms with Crippen molar-refractivity contribution in [1.82, 2.24) is 5.32 Å². The number of aryl methyl sites for hydroxylation is 1. The maximum Gasteiger partial charge on any atom is 0.400 e. The highest BCUT2D eigenvalue weighted by Gasteiger charge is 2.51. The van der Waals surface area contributed by atoms with Crippen LogP contribution >= 0.6 is 11.6 Å². The number of rotatable bonds is 13. The summed E-state index contributed by atoms with van der Waals surface area (Å²) in [6.45, 7) is 1.54. The third kappa shape index (κ3) is 8.72. The van der Waals surface area contributed by atoms with E-state index in [0.717, 1.165) is 26.7 Å². The number of carbonyl (C=O) groups excluding carboxylic acids is 3. The van der Waals surface area contributed by atoms with Gasteiger partial charge in [-0.15, -0.1) is 0 Å². The van der Waals surface area contributed by atoms with Crippen LogP contribution in [-0.2, 0) is 22.4 Å². The van der Waals surface area contributed by atoms with Crippen molar-refractivity contribution in [1.29, 1.82) is 0 Å². The summed E-state index contributed by atoms with van der Waals surface area (Å²) in [6, 6.07) is 8.55. The van der Waals surface area contributed by atoms with Crippen molar-refractivity contribution in [3.63, 3.8) is 0 Å². The maximum absolute atomic E-state index is 13.2. The highest BCUT2D eigenvalue weighted by Crippen LogP contribution is 2.39. The fourth-order valence-corrected chi connectivity index (χ4v) is 4.42. The minimum Gasteiger partial charge on any atom is -0.487 e. The zero-order valence-electron chi connectivity index (χ0n) is 22.6. The predicted octanol–water partition coefficient (Wildman–Crippen LogP) is 6.41. The van der Waals surface area contributed by atoms with Crippen LogP contribution in [0.4, 0.5) is 22.0 Å². The molecule has 1 fully saturated rings. The molecule has 1 aliphatic rings. The van der Waals surface area contributed by atoms with Gasteiger partial charge in [0.2, 0.25) is 0 Å². The van der Waals surface area contributed by atoms with Gasteiger partial charge in [0.05, 0.1) is 16.7 Å². The summed E-state index contributed by atoms with van der Waals surface area (Å²) in [5, 5.41) is 2.81. The molecule has 0 aromatic heterocycles. The summed E-state index contributed by atoms with van der Waals surface area (Å²) in [5.41, 5.74) is -1.61. The largest absolute Gasteiger partial charge is 0.487 e. The van der Waals surface area contributed by atoms with Crippen LogP contribution in [0.25, 0.3) is 0 Å². The van der Waals surface area contributed by atoms with E-state index in [1.807, 2.05) is 0 Å². The van der Waals surface area contributed by atoms with Crippen LogP contribution < -0.4 is 10.1 Å². The second-order valence-corrected chi connectivity index (χ2v) is 10.7. The number of ether oxygens (including phenoxy) is 2. The number of carbonyl (C=O) groups is 3. The molecular formula is C29H31ClF5NO5. The average Bonchev–Trinajstić information content (AvgIpc) is 3.43. The Morgan fingerprint density at radius 2 is 1.76 bits per heavy atom. The van der Waals surface area contributed by atoms with Crippen molar-refractivity contribution in [2.45, 2.75) is 64.7 Å². The molecule has 1 saturated heterocycles. The fourth-order valence-electron chi connectivity index (χ4n) is 4.20. The van der Waals surface area contributed by atoms with Crippen molar-refractivity contribution in [3.05, 3.63) is 63.7 Å². The normalized spacial score (nSPS) is 15.7. The number of alkyl halides is 5. The number of amides is 1. The van der Waals surface area contributed by atoms with Gasteiger partial charge in [0.1, 0.15) is 23.6 Å². The molecule has 2 aromatic carbocycles. The predicted molar refractivity (Wildman–Crippen MR) is 142 cm³/mol. The number of Topliss-reactive ketones (excluding diaryl/α,β-unsaturated/α-hetero) is 2. The lowest BCUT2D eigenvalue weighted by Gasteiger charge is -2.26. The minimum absolute atomic E-state index is 0.0268. The van der Waals surface area contributed by atoms with Crippen LogP contribution in [0.3, 0.4) is 0 Å². The average molecular weight is 604 g/mol. The number of hydrogen-bond donors (Lipinski definition) is 1. The van der Waals surface area contributed by atoms with E-state index in [2.05, 4.69) is 5.32 Å². The molecule has 1 N–H and O–H groups in total. The molecule has 0 unspecified atom stereocenters. The van der Waals surface area contributed by atoms with Gasteiger partial charge in [-0.1, -0.05) is 23.7 Å². The maximum atomic E-state index is 13.2. The Labute approximate surface area is 239 Å². The van der Waals surface area contributed by atoms with Gasteiger partial charge in [-0.25, -0.2) is 8.78 Å². The first-order valence-electron chi connectivity index (χ1n) is 13.0. The fraction of sp³-hybridized carbons (Fsp3) is 0.483. The summed E-state index contributed by atoms with van der Waals surface area (Å²) in [4.78, 5) is 38.3. The van der Waals surface area contributed by atoms with Crippen molar-refractivity contribution in [2.75, 3.05) is 19.8 Å². The Balaban J connectivity index is 1.75. The van der Waals surface area contributed by atoms with Crippen LogP contribution in [0.5, 0.6) is 5.75 Å². The Bertz CT molecular complexity index is 1260. The van der Waals surface area contributed by atoms with Gasteiger partial charge in [-0.3, -0.25) is 14.4 Å². The van der Waals surface area contributed by atoms with Gasteiger partial charge in [-0.05, 0) is 68.5 Å². The van der Waals surface area contributed by atoms with Gasteiger partial charge in [-0.2, -0.15) is 13.2 Å². The Kier molecular flexibility index (Phi) is 10.9. The summed E-state index contributed by atoms with van der Waals surface area (Å²) < 4.78 is 75.7. The summed E-state index contributed by atoms with van der Waals surface area (Å²) in [7, 11) is 0. The number of halogens is 6. The molecule has 41 heavy (non-hydrogen) atoms. The Morgan fingerprint density at radius 1 is 1.07 bits per heavy atom. The van der Waals surface area contributed by atoms with E-state index >= 15 is 0 Å². The van der Waals surface area contributed by atoms with Gasteiger partial charge < -0.3 is 14.8 Å². The summed E-state index contributed by atoms with van der Waals surface area (Å²) in [5.74, 6) is -2.08. The second kappa shape index (κ2) is 13.7. The van der Waals surface area contributed by atoms with Gasteiger partial charge >= 0.3 is 6.18 Å². The molecule has 1 heterocycles. The Hall–Kier alpha value is -3.05. The molecule has 12 heteroatoms. The SMILES string of the molecule is CC(C)(C(=O)CCc1ccc(Cl)c(C(=O)Cc2ccc(OCC(F)F)c(C(=O)NC[C@@H]3CCCO3)c2)c1)C(F)(F)F. The van der Waals surface area contributed by atoms with E-state index in [1.54, 1.807) is 0 Å². The molecule has 1 amide bonds. The van der Waals surface area contributed by atoms with E-state index in [1.165, 1.54) is 36.4 Å². The van der Waals surface area contributed by atoms with E-state index in [-0.39, 0.29) is 53.8 Å². The second-order valence-electron chi connectivity index (χ2n) is 10.3. The molecule has 0 saturated carbocycles. The topological polar surface area (TPSA) is 81.7 Å². The lowest BCUT2D eigenvalue weighted by atomic mass is 9.84. The highest BCUT2D eigenvalue weighted by molar-refractivity contribution is 6.34. The van der Waals surface area contributed by atoms with Crippen LogP contribution in [0, 0.1) is 5.41 Å². The number of hydrogen-bond acceptors (Lipinski definition) is 5. The first-order valence-corrected chi connectivity index (χ1v) is 13.4. The quantitative estimate of drug-likeness (QED) is 0.211. The molecule has 0 aliphatic carbocycles. The number of ketones is 2. The summed E-state index contributed by atoms with van der Waals surface area (Å²) >= 11 is 6.23. The van der Waals surface area contributed by atoms with E-state index in [0.29, 0.717) is 17.7 Å². The van der Waals surface area contributed by atoms with Gasteiger partial charge in [0, 0.05) is 31.6 Å². The lowest BCUT2D eigenvalue weighted by Crippen LogP contribution is -2.39. The van der Waals surface area contributed by atoms with Gasteiger partial charge in [0.25, 0.3) is 12.3 Å². The first kappa shape index (κ1) is 32.5. The van der Waals surface area contributed by atoms with Crippen LogP contribution in [0.1, 0.15) is 65.0 Å². The summed E-state index contributed by atoms with van der Waals surface area (Å²) in [6.07, 6.45) is -6.59. The molecular weight excluding hydrogens is 573 g/mol. The van der Waals surface area contributed by atoms with Crippen molar-refractivity contribution < 1.29 is 45.8 Å².